The van der Waals surface area contributed by atoms with Crippen molar-refractivity contribution in [3.8, 4) is 0 Å². The molecule has 1 unspecified atom stereocenters. The molecule has 1 aromatic rings. The summed E-state index contributed by atoms with van der Waals surface area (Å²) in [6, 6.07) is 8.43. The number of carbonyl (C=O) groups excluding carboxylic acids is 1. The zero-order chi connectivity index (χ0) is 20.2. The number of rotatable bonds is 9. The second-order valence-electron chi connectivity index (χ2n) is 7.14. The minimum absolute atomic E-state index is 0.0807. The van der Waals surface area contributed by atoms with Crippen LogP contribution in [0.3, 0.4) is 0 Å². The maximum Gasteiger partial charge on any atom is 0.305 e. The van der Waals surface area contributed by atoms with Crippen LogP contribution in [-0.4, -0.2) is 56.7 Å². The number of aliphatic imine (C=N–C) groups is 1. The van der Waals surface area contributed by atoms with E-state index in [1.807, 2.05) is 0 Å². The van der Waals surface area contributed by atoms with E-state index in [-0.39, 0.29) is 12.1 Å². The summed E-state index contributed by atoms with van der Waals surface area (Å²) in [5.41, 5.74) is 2.52. The number of nitrogens with zero attached hydrogens (tertiary/aromatic N) is 2. The third kappa shape index (κ3) is 7.15. The number of unbranched alkanes of at least 4 members (excludes halogenated alkanes) is 3. The lowest BCUT2D eigenvalue weighted by Gasteiger charge is -2.35. The Hall–Kier alpha value is -2.08. The van der Waals surface area contributed by atoms with Crippen LogP contribution in [0.25, 0.3) is 0 Å². The second-order valence-corrected chi connectivity index (χ2v) is 7.14. The number of morpholine rings is 1. The lowest BCUT2D eigenvalue weighted by Crippen LogP contribution is -2.48. The summed E-state index contributed by atoms with van der Waals surface area (Å²) in [6.45, 7) is 8.26. The largest absolute Gasteiger partial charge is 0.469 e. The van der Waals surface area contributed by atoms with Crippen LogP contribution in [0.4, 0.5) is 0 Å². The smallest absolute Gasteiger partial charge is 0.305 e. The van der Waals surface area contributed by atoms with E-state index >= 15 is 0 Å². The number of hydrogen-bond donors (Lipinski definition) is 1. The van der Waals surface area contributed by atoms with E-state index in [0.29, 0.717) is 13.0 Å². The summed E-state index contributed by atoms with van der Waals surface area (Å²) in [5, 5.41) is 3.42. The van der Waals surface area contributed by atoms with Crippen LogP contribution in [-0.2, 0) is 14.3 Å². The van der Waals surface area contributed by atoms with Gasteiger partial charge in [0.1, 0.15) is 6.10 Å². The van der Waals surface area contributed by atoms with Crippen molar-refractivity contribution in [3.63, 3.8) is 0 Å². The number of carbonyl (C=O) groups is 1. The van der Waals surface area contributed by atoms with E-state index in [4.69, 9.17) is 9.73 Å². The molecule has 1 saturated heterocycles. The maximum atomic E-state index is 11.1. The first-order valence-electron chi connectivity index (χ1n) is 10.4. The van der Waals surface area contributed by atoms with Crippen molar-refractivity contribution in [2.24, 2.45) is 4.99 Å². The lowest BCUT2D eigenvalue weighted by molar-refractivity contribution is -0.140. The number of nitrogens with one attached hydrogen (secondary N) is 1. The molecule has 1 fully saturated rings. The Bertz CT molecular complexity index is 633. The van der Waals surface area contributed by atoms with Crippen LogP contribution in [0.2, 0.25) is 0 Å². The fourth-order valence-corrected chi connectivity index (χ4v) is 3.43. The Morgan fingerprint density at radius 3 is 2.82 bits per heavy atom. The summed E-state index contributed by atoms with van der Waals surface area (Å²) in [4.78, 5) is 18.2. The van der Waals surface area contributed by atoms with Gasteiger partial charge < -0.3 is 19.7 Å². The Balaban J connectivity index is 1.83. The van der Waals surface area contributed by atoms with Gasteiger partial charge in [0, 0.05) is 26.1 Å². The van der Waals surface area contributed by atoms with Crippen molar-refractivity contribution >= 4 is 11.9 Å². The van der Waals surface area contributed by atoms with Crippen molar-refractivity contribution in [3.05, 3.63) is 35.4 Å². The van der Waals surface area contributed by atoms with Crippen molar-refractivity contribution in [1.29, 1.82) is 0 Å². The molecule has 28 heavy (non-hydrogen) atoms. The molecule has 0 amide bonds. The third-order valence-electron chi connectivity index (χ3n) is 5.01. The minimum atomic E-state index is -0.122. The molecule has 1 aliphatic heterocycles. The lowest BCUT2D eigenvalue weighted by atomic mass is 10.0. The molecule has 0 aliphatic carbocycles. The van der Waals surface area contributed by atoms with Gasteiger partial charge in [0.2, 0.25) is 0 Å². The highest BCUT2D eigenvalue weighted by molar-refractivity contribution is 5.80. The zero-order valence-electron chi connectivity index (χ0n) is 17.6. The van der Waals surface area contributed by atoms with Crippen LogP contribution in [0.5, 0.6) is 0 Å². The number of guanidine groups is 1. The van der Waals surface area contributed by atoms with Gasteiger partial charge in [-0.25, -0.2) is 0 Å². The summed E-state index contributed by atoms with van der Waals surface area (Å²) in [7, 11) is 1.44. The van der Waals surface area contributed by atoms with Gasteiger partial charge in [-0.05, 0) is 37.8 Å². The minimum Gasteiger partial charge on any atom is -0.469 e. The van der Waals surface area contributed by atoms with Gasteiger partial charge in [0.25, 0.3) is 0 Å². The summed E-state index contributed by atoms with van der Waals surface area (Å²) in [5.74, 6) is 0.849. The van der Waals surface area contributed by atoms with Crippen LogP contribution in [0.1, 0.15) is 56.3 Å². The normalized spacial score (nSPS) is 17.5. The molecule has 6 heteroatoms. The Morgan fingerprint density at radius 1 is 1.29 bits per heavy atom. The zero-order valence-corrected chi connectivity index (χ0v) is 17.6. The molecular formula is C22H35N3O3. The maximum absolute atomic E-state index is 11.1. The molecule has 1 aromatic carbocycles. The van der Waals surface area contributed by atoms with Gasteiger partial charge in [-0.1, -0.05) is 37.1 Å². The van der Waals surface area contributed by atoms with Gasteiger partial charge in [-0.2, -0.15) is 0 Å². The van der Waals surface area contributed by atoms with Crippen molar-refractivity contribution < 1.29 is 14.3 Å². The van der Waals surface area contributed by atoms with Crippen LogP contribution < -0.4 is 5.32 Å². The molecule has 2 rings (SSSR count). The highest BCUT2D eigenvalue weighted by Gasteiger charge is 2.25. The summed E-state index contributed by atoms with van der Waals surface area (Å²) >= 11 is 0. The first-order valence-corrected chi connectivity index (χ1v) is 10.4. The average molecular weight is 390 g/mol. The van der Waals surface area contributed by atoms with E-state index in [1.54, 1.807) is 0 Å². The highest BCUT2D eigenvalue weighted by Crippen LogP contribution is 2.25. The van der Waals surface area contributed by atoms with Gasteiger partial charge in [0.15, 0.2) is 5.96 Å². The summed E-state index contributed by atoms with van der Waals surface area (Å²) < 4.78 is 10.7. The first-order chi connectivity index (χ1) is 13.7. The molecule has 0 aromatic heterocycles. The number of ether oxygens (including phenoxy) is 2. The van der Waals surface area contributed by atoms with Crippen molar-refractivity contribution in [1.82, 2.24) is 10.2 Å². The van der Waals surface area contributed by atoms with Crippen molar-refractivity contribution in [2.75, 3.05) is 39.9 Å². The topological polar surface area (TPSA) is 63.2 Å². The molecule has 0 bridgehead atoms. The molecular weight excluding hydrogens is 354 g/mol. The van der Waals surface area contributed by atoms with Gasteiger partial charge in [-0.3, -0.25) is 9.79 Å². The van der Waals surface area contributed by atoms with Gasteiger partial charge in [0.05, 0.1) is 20.3 Å². The van der Waals surface area contributed by atoms with E-state index < -0.39 is 0 Å². The molecule has 1 N–H and O–H groups in total. The monoisotopic (exact) mass is 389 g/mol. The van der Waals surface area contributed by atoms with E-state index in [2.05, 4.69) is 53.1 Å². The molecule has 1 aliphatic rings. The second kappa shape index (κ2) is 12.4. The number of benzene rings is 1. The van der Waals surface area contributed by atoms with Crippen LogP contribution in [0, 0.1) is 6.92 Å². The number of hydrogen-bond acceptors (Lipinski definition) is 4. The van der Waals surface area contributed by atoms with Crippen molar-refractivity contribution in [2.45, 2.75) is 52.1 Å². The van der Waals surface area contributed by atoms with Crippen LogP contribution >= 0.6 is 0 Å². The van der Waals surface area contributed by atoms with E-state index in [9.17, 15) is 4.79 Å². The quantitative estimate of drug-likeness (QED) is 0.303. The summed E-state index contributed by atoms with van der Waals surface area (Å²) in [6.07, 6.45) is 4.62. The highest BCUT2D eigenvalue weighted by atomic mass is 16.5. The standard InChI is InChI=1S/C22H35N3O3/c1-4-23-22(24-14-10-6-5-7-13-21(26)27-3)25-15-16-28-20(17-25)19-12-9-8-11-18(19)2/h8-9,11-12,20H,4-7,10,13-17H2,1-3H3,(H,23,24). The van der Waals surface area contributed by atoms with E-state index in [1.165, 1.54) is 18.2 Å². The average Bonchev–Trinajstić information content (AvgIpc) is 2.72. The van der Waals surface area contributed by atoms with E-state index in [0.717, 1.165) is 57.8 Å². The SMILES string of the molecule is CCNC(=NCCCCCCC(=O)OC)N1CCOC(c2ccccc2C)C1. The Kier molecular flexibility index (Phi) is 9.83. The molecule has 6 nitrogen and oxygen atoms in total. The van der Waals surface area contributed by atoms with Gasteiger partial charge in [-0.15, -0.1) is 0 Å². The van der Waals surface area contributed by atoms with Gasteiger partial charge >= 0.3 is 5.97 Å². The molecule has 0 spiro atoms. The third-order valence-corrected chi connectivity index (χ3v) is 5.01. The predicted molar refractivity (Wildman–Crippen MR) is 113 cm³/mol. The molecule has 156 valence electrons. The molecule has 0 saturated carbocycles. The predicted octanol–water partition coefficient (Wildman–Crippen LogP) is 3.46. The molecule has 0 radical (unpaired) electrons. The fraction of sp³-hybridized carbons (Fsp3) is 0.636. The van der Waals surface area contributed by atoms with Crippen LogP contribution in [0.15, 0.2) is 29.3 Å². The number of aryl methyl sites for hydroxylation is 1. The molecule has 1 heterocycles. The number of esters is 1. The first kappa shape index (κ1) is 22.2. The number of methoxy groups -OCH3 is 1. The Morgan fingerprint density at radius 2 is 2.07 bits per heavy atom. The fourth-order valence-electron chi connectivity index (χ4n) is 3.43. The Labute approximate surface area is 169 Å². The molecule has 1 atom stereocenters.